The highest BCUT2D eigenvalue weighted by Gasteiger charge is 2.01. The van der Waals surface area contributed by atoms with Crippen LogP contribution in [-0.2, 0) is 0 Å². The average molecular weight is 231 g/mol. The molecule has 3 unspecified atom stereocenters. The topological polar surface area (TPSA) is 88.1 Å². The van der Waals surface area contributed by atoms with Gasteiger partial charge in [0.05, 0.1) is 0 Å². The number of rotatable bonds is 10. The molecule has 0 fully saturated rings. The van der Waals surface area contributed by atoms with Crippen molar-refractivity contribution in [2.75, 3.05) is 32.7 Å². The van der Waals surface area contributed by atoms with Crippen molar-refractivity contribution < 1.29 is 0 Å². The van der Waals surface area contributed by atoms with Crippen LogP contribution in [0.5, 0.6) is 0 Å². The van der Waals surface area contributed by atoms with Crippen LogP contribution in [0.15, 0.2) is 0 Å². The molecule has 0 spiro atoms. The molecule has 5 heteroatoms. The molecule has 0 saturated heterocycles. The summed E-state index contributed by atoms with van der Waals surface area (Å²) >= 11 is 0. The van der Waals surface area contributed by atoms with Gasteiger partial charge in [0.15, 0.2) is 0 Å². The van der Waals surface area contributed by atoms with E-state index >= 15 is 0 Å². The lowest BCUT2D eigenvalue weighted by atomic mass is 10.3. The summed E-state index contributed by atoms with van der Waals surface area (Å²) in [7, 11) is 0. The summed E-state index contributed by atoms with van der Waals surface area (Å²) < 4.78 is 0. The molecule has 5 nitrogen and oxygen atoms in total. The molecule has 0 aliphatic carbocycles. The predicted molar refractivity (Wildman–Crippen MR) is 70.5 cm³/mol. The van der Waals surface area contributed by atoms with Gasteiger partial charge < -0.3 is 27.4 Å². The van der Waals surface area contributed by atoms with Gasteiger partial charge >= 0.3 is 0 Å². The van der Waals surface area contributed by atoms with Crippen LogP contribution in [0.4, 0.5) is 0 Å². The van der Waals surface area contributed by atoms with Crippen molar-refractivity contribution in [3.8, 4) is 0 Å². The molecule has 0 aromatic heterocycles. The quantitative estimate of drug-likeness (QED) is 0.306. The third-order valence-electron chi connectivity index (χ3n) is 2.18. The Bertz CT molecular complexity index is 149. The maximum atomic E-state index is 5.66. The second-order valence-corrected chi connectivity index (χ2v) is 4.67. The first kappa shape index (κ1) is 15.8. The smallest absolute Gasteiger partial charge is 0.0164 e. The Morgan fingerprint density at radius 3 is 1.81 bits per heavy atom. The normalized spacial score (nSPS) is 17.1. The number of nitrogens with one attached hydrogen (secondary N) is 3. The van der Waals surface area contributed by atoms with Gasteiger partial charge in [-0.15, -0.1) is 0 Å². The molecule has 0 bridgehead atoms. The maximum absolute atomic E-state index is 5.66. The van der Waals surface area contributed by atoms with Crippen LogP contribution >= 0.6 is 0 Å². The van der Waals surface area contributed by atoms with Crippen LogP contribution in [0, 0.1) is 0 Å². The van der Waals surface area contributed by atoms with Crippen LogP contribution < -0.4 is 27.4 Å². The molecule has 98 valence electrons. The lowest BCUT2D eigenvalue weighted by Crippen LogP contribution is -2.43. The summed E-state index contributed by atoms with van der Waals surface area (Å²) in [5.41, 5.74) is 11.3. The van der Waals surface area contributed by atoms with Gasteiger partial charge in [-0.05, 0) is 20.8 Å². The molecule has 0 amide bonds. The fraction of sp³-hybridized carbons (Fsp3) is 1.00. The zero-order valence-corrected chi connectivity index (χ0v) is 10.9. The predicted octanol–water partition coefficient (Wildman–Crippen LogP) is -1.16. The van der Waals surface area contributed by atoms with Gasteiger partial charge in [-0.1, -0.05) is 0 Å². The first-order chi connectivity index (χ1) is 7.52. The van der Waals surface area contributed by atoms with E-state index in [0.717, 1.165) is 32.7 Å². The molecule has 3 atom stereocenters. The van der Waals surface area contributed by atoms with Crippen molar-refractivity contribution in [1.29, 1.82) is 0 Å². The standard InChI is InChI=1S/C11H29N5/c1-9(12)6-14-4-5-15-8-11(3)16-7-10(2)13/h9-11,14-16H,4-8,12-13H2,1-3H3. The van der Waals surface area contributed by atoms with Crippen molar-refractivity contribution in [2.45, 2.75) is 38.9 Å². The first-order valence-electron chi connectivity index (χ1n) is 6.18. The van der Waals surface area contributed by atoms with E-state index in [-0.39, 0.29) is 12.1 Å². The lowest BCUT2D eigenvalue weighted by molar-refractivity contribution is 0.477. The van der Waals surface area contributed by atoms with E-state index in [4.69, 9.17) is 11.5 Å². The van der Waals surface area contributed by atoms with Crippen LogP contribution in [-0.4, -0.2) is 50.8 Å². The van der Waals surface area contributed by atoms with E-state index in [1.54, 1.807) is 0 Å². The van der Waals surface area contributed by atoms with Crippen molar-refractivity contribution in [1.82, 2.24) is 16.0 Å². The van der Waals surface area contributed by atoms with Crippen LogP contribution in [0.1, 0.15) is 20.8 Å². The Morgan fingerprint density at radius 1 is 0.812 bits per heavy atom. The Morgan fingerprint density at radius 2 is 1.31 bits per heavy atom. The zero-order valence-electron chi connectivity index (χ0n) is 10.9. The van der Waals surface area contributed by atoms with Gasteiger partial charge in [-0.2, -0.15) is 0 Å². The van der Waals surface area contributed by atoms with E-state index in [1.165, 1.54) is 0 Å². The first-order valence-corrected chi connectivity index (χ1v) is 6.18. The van der Waals surface area contributed by atoms with Gasteiger partial charge in [0.1, 0.15) is 0 Å². The molecule has 0 aromatic rings. The highest BCUT2D eigenvalue weighted by molar-refractivity contribution is 4.67. The number of hydrogen-bond acceptors (Lipinski definition) is 5. The molecular weight excluding hydrogens is 202 g/mol. The summed E-state index contributed by atoms with van der Waals surface area (Å²) in [4.78, 5) is 0. The fourth-order valence-corrected chi connectivity index (χ4v) is 1.28. The molecule has 16 heavy (non-hydrogen) atoms. The maximum Gasteiger partial charge on any atom is 0.0164 e. The van der Waals surface area contributed by atoms with E-state index < -0.39 is 0 Å². The minimum absolute atomic E-state index is 0.218. The monoisotopic (exact) mass is 231 g/mol. The molecule has 0 aromatic carbocycles. The number of nitrogens with two attached hydrogens (primary N) is 2. The highest BCUT2D eigenvalue weighted by atomic mass is 15.0. The van der Waals surface area contributed by atoms with E-state index in [0.29, 0.717) is 6.04 Å². The van der Waals surface area contributed by atoms with E-state index in [2.05, 4.69) is 22.9 Å². The molecule has 0 rings (SSSR count). The summed E-state index contributed by atoms with van der Waals surface area (Å²) in [6, 6.07) is 0.904. The summed E-state index contributed by atoms with van der Waals surface area (Å²) in [5.74, 6) is 0. The SMILES string of the molecule is CC(N)CNCCNCC(C)NCC(C)N. The Kier molecular flexibility index (Phi) is 9.86. The fourth-order valence-electron chi connectivity index (χ4n) is 1.28. The van der Waals surface area contributed by atoms with Crippen molar-refractivity contribution >= 4 is 0 Å². The summed E-state index contributed by atoms with van der Waals surface area (Å²) in [6.07, 6.45) is 0. The summed E-state index contributed by atoms with van der Waals surface area (Å²) in [6.45, 7) is 10.8. The molecule has 0 aliphatic rings. The van der Waals surface area contributed by atoms with Gasteiger partial charge in [0.25, 0.3) is 0 Å². The second-order valence-electron chi connectivity index (χ2n) is 4.67. The van der Waals surface area contributed by atoms with Crippen molar-refractivity contribution in [2.24, 2.45) is 11.5 Å². The molecule has 0 heterocycles. The molecule has 0 saturated carbocycles. The third kappa shape index (κ3) is 11.9. The van der Waals surface area contributed by atoms with Crippen molar-refractivity contribution in [3.63, 3.8) is 0 Å². The molecular formula is C11H29N5. The highest BCUT2D eigenvalue weighted by Crippen LogP contribution is 1.79. The minimum Gasteiger partial charge on any atom is -0.327 e. The van der Waals surface area contributed by atoms with Gasteiger partial charge in [0.2, 0.25) is 0 Å². The van der Waals surface area contributed by atoms with E-state index in [1.807, 2.05) is 13.8 Å². The number of hydrogen-bond donors (Lipinski definition) is 5. The Labute approximate surface area is 99.7 Å². The molecule has 0 radical (unpaired) electrons. The minimum atomic E-state index is 0.218. The zero-order chi connectivity index (χ0) is 12.4. The summed E-state index contributed by atoms with van der Waals surface area (Å²) in [5, 5.41) is 10.0. The van der Waals surface area contributed by atoms with Gasteiger partial charge in [-0.25, -0.2) is 0 Å². The molecule has 7 N–H and O–H groups in total. The van der Waals surface area contributed by atoms with E-state index in [9.17, 15) is 0 Å². The van der Waals surface area contributed by atoms with Gasteiger partial charge in [0, 0.05) is 50.8 Å². The molecule has 0 aliphatic heterocycles. The second kappa shape index (κ2) is 9.99. The largest absolute Gasteiger partial charge is 0.327 e. The third-order valence-corrected chi connectivity index (χ3v) is 2.18. The average Bonchev–Trinajstić information content (AvgIpc) is 2.19. The lowest BCUT2D eigenvalue weighted by Gasteiger charge is -2.16. The Hall–Kier alpha value is -0.200. The van der Waals surface area contributed by atoms with Crippen LogP contribution in [0.3, 0.4) is 0 Å². The Balaban J connectivity index is 3.18. The van der Waals surface area contributed by atoms with Gasteiger partial charge in [-0.3, -0.25) is 0 Å². The van der Waals surface area contributed by atoms with Crippen LogP contribution in [0.2, 0.25) is 0 Å². The van der Waals surface area contributed by atoms with Crippen molar-refractivity contribution in [3.05, 3.63) is 0 Å². The van der Waals surface area contributed by atoms with Crippen LogP contribution in [0.25, 0.3) is 0 Å².